The summed E-state index contributed by atoms with van der Waals surface area (Å²) < 4.78 is 1.85. The molecule has 1 N–H and O–H groups in total. The molecule has 35 heavy (non-hydrogen) atoms. The van der Waals surface area contributed by atoms with E-state index < -0.39 is 0 Å². The number of tetrazole rings is 1. The fourth-order valence-corrected chi connectivity index (χ4v) is 3.95. The standard InChI is InChI=1S/C26H24N8O/c1-2-14-34-24(28-26(31-34)23(35)15-18-6-4-3-5-7-18)16-19-8-10-20(11-9-19)22-17-27-13-12-21(22)25-29-32-33-30-25/h3-13,17H,2,14-16H2,1H3,(H,29,30,32,33). The average molecular weight is 465 g/mol. The Bertz CT molecular complexity index is 1410. The van der Waals surface area contributed by atoms with E-state index in [4.69, 9.17) is 0 Å². The molecular weight excluding hydrogens is 440 g/mol. The quantitative estimate of drug-likeness (QED) is 0.328. The number of aromatic nitrogens is 8. The normalized spacial score (nSPS) is 11.0. The Morgan fingerprint density at radius 2 is 1.80 bits per heavy atom. The van der Waals surface area contributed by atoms with E-state index in [0.29, 0.717) is 25.2 Å². The van der Waals surface area contributed by atoms with Gasteiger partial charge >= 0.3 is 0 Å². The second-order valence-electron chi connectivity index (χ2n) is 8.19. The molecule has 0 bridgehead atoms. The van der Waals surface area contributed by atoms with Crippen molar-refractivity contribution in [2.24, 2.45) is 0 Å². The number of rotatable bonds is 9. The third kappa shape index (κ3) is 5.03. The molecule has 174 valence electrons. The zero-order chi connectivity index (χ0) is 24.0. The van der Waals surface area contributed by atoms with Crippen LogP contribution >= 0.6 is 0 Å². The molecule has 0 atom stereocenters. The second-order valence-corrected chi connectivity index (χ2v) is 8.19. The maximum Gasteiger partial charge on any atom is 0.217 e. The first-order valence-corrected chi connectivity index (χ1v) is 11.5. The van der Waals surface area contributed by atoms with E-state index in [9.17, 15) is 4.79 Å². The maximum atomic E-state index is 12.8. The van der Waals surface area contributed by atoms with Crippen LogP contribution in [0.1, 0.15) is 40.9 Å². The summed E-state index contributed by atoms with van der Waals surface area (Å²) in [5.41, 5.74) is 4.80. The third-order valence-electron chi connectivity index (χ3n) is 5.68. The van der Waals surface area contributed by atoms with Crippen LogP contribution in [0.5, 0.6) is 0 Å². The summed E-state index contributed by atoms with van der Waals surface area (Å²) in [4.78, 5) is 21.7. The summed E-state index contributed by atoms with van der Waals surface area (Å²) in [6.45, 7) is 2.80. The first-order chi connectivity index (χ1) is 17.2. The van der Waals surface area contributed by atoms with Crippen LogP contribution in [0.2, 0.25) is 0 Å². The van der Waals surface area contributed by atoms with Gasteiger partial charge in [0.25, 0.3) is 0 Å². The number of hydrogen-bond donors (Lipinski definition) is 1. The lowest BCUT2D eigenvalue weighted by molar-refractivity contribution is 0.0982. The fraction of sp³-hybridized carbons (Fsp3) is 0.192. The lowest BCUT2D eigenvalue weighted by Gasteiger charge is -2.08. The van der Waals surface area contributed by atoms with Crippen LogP contribution in [0.3, 0.4) is 0 Å². The molecule has 9 nitrogen and oxygen atoms in total. The molecule has 0 saturated carbocycles. The number of carbonyl (C=O) groups excluding carboxylic acids is 1. The zero-order valence-electron chi connectivity index (χ0n) is 19.3. The number of Topliss-reactive ketones (excluding diaryl/α,β-unsaturated/α-hetero) is 1. The lowest BCUT2D eigenvalue weighted by atomic mass is 9.99. The van der Waals surface area contributed by atoms with Gasteiger partial charge in [-0.2, -0.15) is 5.21 Å². The van der Waals surface area contributed by atoms with E-state index in [1.54, 1.807) is 12.4 Å². The lowest BCUT2D eigenvalue weighted by Crippen LogP contribution is -2.08. The van der Waals surface area contributed by atoms with Crippen molar-refractivity contribution in [3.63, 3.8) is 0 Å². The number of pyridine rings is 1. The SMILES string of the molecule is CCCn1nc(C(=O)Cc2ccccc2)nc1Cc1ccc(-c2cnccc2-c2nn[nH]n2)cc1. The van der Waals surface area contributed by atoms with Gasteiger partial charge in [0.2, 0.25) is 17.4 Å². The van der Waals surface area contributed by atoms with Gasteiger partial charge in [0.1, 0.15) is 5.82 Å². The van der Waals surface area contributed by atoms with Gasteiger partial charge in [-0.05, 0) is 34.4 Å². The van der Waals surface area contributed by atoms with Crippen molar-refractivity contribution in [2.75, 3.05) is 0 Å². The molecule has 0 radical (unpaired) electrons. The van der Waals surface area contributed by atoms with Crippen LogP contribution in [-0.4, -0.2) is 46.2 Å². The smallest absolute Gasteiger partial charge is 0.217 e. The number of nitrogens with one attached hydrogen (secondary N) is 1. The molecule has 0 spiro atoms. The van der Waals surface area contributed by atoms with Crippen LogP contribution in [0.25, 0.3) is 22.5 Å². The molecule has 2 aromatic carbocycles. The molecule has 0 unspecified atom stereocenters. The molecule has 0 saturated heterocycles. The number of aryl methyl sites for hydroxylation is 1. The van der Waals surface area contributed by atoms with Gasteiger partial charge in [-0.1, -0.05) is 61.5 Å². The van der Waals surface area contributed by atoms with E-state index in [1.807, 2.05) is 53.2 Å². The first kappa shape index (κ1) is 22.3. The minimum absolute atomic E-state index is 0.0757. The molecule has 0 aliphatic carbocycles. The van der Waals surface area contributed by atoms with Gasteiger partial charge in [0.15, 0.2) is 0 Å². The molecule has 3 heterocycles. The Labute approximate surface area is 202 Å². The van der Waals surface area contributed by atoms with Crippen molar-refractivity contribution in [3.05, 3.63) is 95.8 Å². The van der Waals surface area contributed by atoms with Gasteiger partial charge < -0.3 is 0 Å². The Hall–Kier alpha value is -4.53. The van der Waals surface area contributed by atoms with Gasteiger partial charge in [0.05, 0.1) is 0 Å². The molecule has 5 aromatic rings. The predicted molar refractivity (Wildman–Crippen MR) is 130 cm³/mol. The molecule has 0 aliphatic rings. The van der Waals surface area contributed by atoms with E-state index >= 15 is 0 Å². The van der Waals surface area contributed by atoms with E-state index in [2.05, 4.69) is 54.7 Å². The molecule has 5 rings (SSSR count). The Morgan fingerprint density at radius 1 is 0.971 bits per heavy atom. The highest BCUT2D eigenvalue weighted by Crippen LogP contribution is 2.29. The zero-order valence-corrected chi connectivity index (χ0v) is 19.3. The molecule has 0 aliphatic heterocycles. The average Bonchev–Trinajstić information content (AvgIpc) is 3.56. The topological polar surface area (TPSA) is 115 Å². The number of ketones is 1. The van der Waals surface area contributed by atoms with Crippen molar-refractivity contribution in [3.8, 4) is 22.5 Å². The van der Waals surface area contributed by atoms with Crippen molar-refractivity contribution in [1.82, 2.24) is 40.4 Å². The highest BCUT2D eigenvalue weighted by atomic mass is 16.1. The summed E-state index contributed by atoms with van der Waals surface area (Å²) in [5, 5.41) is 18.9. The predicted octanol–water partition coefficient (Wildman–Crippen LogP) is 3.95. The van der Waals surface area contributed by atoms with Crippen LogP contribution in [0.4, 0.5) is 0 Å². The van der Waals surface area contributed by atoms with Gasteiger partial charge in [-0.25, -0.2) is 9.67 Å². The maximum absolute atomic E-state index is 12.8. The van der Waals surface area contributed by atoms with E-state index in [0.717, 1.165) is 40.1 Å². The molecule has 0 fully saturated rings. The van der Waals surface area contributed by atoms with Crippen LogP contribution in [-0.2, 0) is 19.4 Å². The summed E-state index contributed by atoms with van der Waals surface area (Å²) in [5.74, 6) is 1.50. The largest absolute Gasteiger partial charge is 0.290 e. The minimum atomic E-state index is -0.0757. The third-order valence-corrected chi connectivity index (χ3v) is 5.68. The number of aromatic amines is 1. The Balaban J connectivity index is 1.37. The highest BCUT2D eigenvalue weighted by molar-refractivity contribution is 5.94. The second kappa shape index (κ2) is 10.2. The van der Waals surface area contributed by atoms with Crippen molar-refractivity contribution in [1.29, 1.82) is 0 Å². The number of nitrogens with zero attached hydrogens (tertiary/aromatic N) is 7. The number of H-pyrrole nitrogens is 1. The number of hydrogen-bond acceptors (Lipinski definition) is 7. The monoisotopic (exact) mass is 464 g/mol. The molecule has 9 heteroatoms. The summed E-state index contributed by atoms with van der Waals surface area (Å²) >= 11 is 0. The summed E-state index contributed by atoms with van der Waals surface area (Å²) in [6, 6.07) is 19.7. The summed E-state index contributed by atoms with van der Waals surface area (Å²) in [7, 11) is 0. The van der Waals surface area contributed by atoms with Crippen LogP contribution < -0.4 is 0 Å². The first-order valence-electron chi connectivity index (χ1n) is 11.5. The van der Waals surface area contributed by atoms with E-state index in [-0.39, 0.29) is 11.6 Å². The van der Waals surface area contributed by atoms with Crippen molar-refractivity contribution >= 4 is 5.78 Å². The number of carbonyl (C=O) groups is 1. The highest BCUT2D eigenvalue weighted by Gasteiger charge is 2.17. The van der Waals surface area contributed by atoms with Gasteiger partial charge in [0, 0.05) is 42.9 Å². The summed E-state index contributed by atoms with van der Waals surface area (Å²) in [6.07, 6.45) is 5.28. The fourth-order valence-electron chi connectivity index (χ4n) is 3.95. The minimum Gasteiger partial charge on any atom is -0.290 e. The Kier molecular flexibility index (Phi) is 6.47. The molecular formula is C26H24N8O. The van der Waals surface area contributed by atoms with Crippen molar-refractivity contribution in [2.45, 2.75) is 32.7 Å². The number of benzene rings is 2. The van der Waals surface area contributed by atoms with Gasteiger partial charge in [-0.3, -0.25) is 9.78 Å². The van der Waals surface area contributed by atoms with E-state index in [1.165, 1.54) is 0 Å². The van der Waals surface area contributed by atoms with Crippen molar-refractivity contribution < 1.29 is 4.79 Å². The van der Waals surface area contributed by atoms with Crippen LogP contribution in [0.15, 0.2) is 73.1 Å². The molecule has 0 amide bonds. The molecule has 3 aromatic heterocycles. The van der Waals surface area contributed by atoms with Crippen LogP contribution in [0, 0.1) is 0 Å². The van der Waals surface area contributed by atoms with Gasteiger partial charge in [-0.15, -0.1) is 15.3 Å². The Morgan fingerprint density at radius 3 is 2.54 bits per heavy atom.